The first-order valence-electron chi connectivity index (χ1n) is 10.7. The Morgan fingerprint density at radius 2 is 1.70 bits per heavy atom. The highest BCUT2D eigenvalue weighted by Crippen LogP contribution is 2.45. The number of halogens is 1. The number of piperidine rings is 1. The number of carbonyl (C=O) groups is 1. The molecular weight excluding hydrogens is 398 g/mol. The van der Waals surface area contributed by atoms with Gasteiger partial charge in [-0.3, -0.25) is 4.79 Å². The van der Waals surface area contributed by atoms with Crippen molar-refractivity contribution >= 4 is 18.4 Å². The molecule has 30 heavy (non-hydrogen) atoms. The van der Waals surface area contributed by atoms with Crippen molar-refractivity contribution in [1.29, 1.82) is 0 Å². The Morgan fingerprint density at radius 3 is 2.40 bits per heavy atom. The molecule has 5 heteroatoms. The summed E-state index contributed by atoms with van der Waals surface area (Å²) in [4.78, 5) is 13.6. The molecule has 0 radical (unpaired) electrons. The van der Waals surface area contributed by atoms with Crippen molar-refractivity contribution < 1.29 is 14.6 Å². The molecule has 0 saturated carbocycles. The van der Waals surface area contributed by atoms with E-state index in [9.17, 15) is 9.90 Å². The van der Waals surface area contributed by atoms with E-state index in [4.69, 9.17) is 4.74 Å². The molecular formula is C25H32ClNO3. The number of benzene rings is 2. The molecule has 2 aromatic rings. The summed E-state index contributed by atoms with van der Waals surface area (Å²) in [6.45, 7) is 7.63. The molecule has 1 unspecified atom stereocenters. The van der Waals surface area contributed by atoms with Gasteiger partial charge in [0.2, 0.25) is 0 Å². The van der Waals surface area contributed by atoms with Crippen LogP contribution in [0, 0.1) is 11.3 Å². The van der Waals surface area contributed by atoms with Crippen molar-refractivity contribution in [2.24, 2.45) is 11.3 Å². The van der Waals surface area contributed by atoms with E-state index >= 15 is 0 Å². The molecule has 1 atom stereocenters. The first-order chi connectivity index (χ1) is 13.9. The first-order valence-corrected chi connectivity index (χ1v) is 10.7. The third-order valence-electron chi connectivity index (χ3n) is 6.41. The number of carboxylic acids is 1. The van der Waals surface area contributed by atoms with Gasteiger partial charge in [-0.05, 0) is 54.5 Å². The van der Waals surface area contributed by atoms with Crippen LogP contribution in [-0.2, 0) is 11.4 Å². The Bertz CT molecular complexity index is 827. The third-order valence-corrected chi connectivity index (χ3v) is 6.41. The van der Waals surface area contributed by atoms with Crippen LogP contribution in [0.4, 0.5) is 0 Å². The van der Waals surface area contributed by atoms with Crippen molar-refractivity contribution in [3.8, 4) is 5.75 Å². The third kappa shape index (κ3) is 4.98. The number of para-hydroxylation sites is 1. The highest BCUT2D eigenvalue weighted by atomic mass is 35.5. The monoisotopic (exact) mass is 429 g/mol. The fraction of sp³-hybridized carbons (Fsp3) is 0.480. The summed E-state index contributed by atoms with van der Waals surface area (Å²) >= 11 is 0. The van der Waals surface area contributed by atoms with Crippen LogP contribution >= 0.6 is 12.4 Å². The normalized spacial score (nSPS) is 19.6. The number of fused-ring (bicyclic) bond motifs is 2. The van der Waals surface area contributed by atoms with Gasteiger partial charge < -0.3 is 14.7 Å². The first kappa shape index (κ1) is 22.6. The Morgan fingerprint density at radius 1 is 1.07 bits per heavy atom. The lowest BCUT2D eigenvalue weighted by atomic mass is 9.74. The zero-order valence-corrected chi connectivity index (χ0v) is 18.7. The lowest BCUT2D eigenvalue weighted by Gasteiger charge is -2.39. The number of hydrogen-bond donors (Lipinski definition) is 1. The maximum atomic E-state index is 11.2. The number of hydrogen-bond acceptors (Lipinski definition) is 3. The quantitative estimate of drug-likeness (QED) is 0.696. The summed E-state index contributed by atoms with van der Waals surface area (Å²) in [5.41, 5.74) is 3.80. The maximum Gasteiger partial charge on any atom is 0.303 e. The summed E-state index contributed by atoms with van der Waals surface area (Å²) < 4.78 is 6.15. The lowest BCUT2D eigenvalue weighted by Crippen LogP contribution is -2.41. The van der Waals surface area contributed by atoms with Gasteiger partial charge in [-0.15, -0.1) is 12.4 Å². The summed E-state index contributed by atoms with van der Waals surface area (Å²) in [5, 5.41) is 9.17. The van der Waals surface area contributed by atoms with E-state index in [0.717, 1.165) is 38.2 Å². The van der Waals surface area contributed by atoms with Gasteiger partial charge in [-0.25, -0.2) is 0 Å². The van der Waals surface area contributed by atoms with E-state index in [0.29, 0.717) is 18.4 Å². The fourth-order valence-corrected chi connectivity index (χ4v) is 5.18. The Hall–Kier alpha value is -2.04. The van der Waals surface area contributed by atoms with E-state index in [1.165, 1.54) is 16.7 Å². The Labute approximate surface area is 185 Å². The minimum atomic E-state index is -0.712. The van der Waals surface area contributed by atoms with E-state index in [1.807, 2.05) is 0 Å². The van der Waals surface area contributed by atoms with Gasteiger partial charge in [0.05, 0.1) is 6.42 Å². The molecule has 1 N–H and O–H groups in total. The Kier molecular flexibility index (Phi) is 7.10. The smallest absolute Gasteiger partial charge is 0.303 e. The van der Waals surface area contributed by atoms with E-state index in [2.05, 4.69) is 67.3 Å². The van der Waals surface area contributed by atoms with Crippen LogP contribution in [0.3, 0.4) is 0 Å². The lowest BCUT2D eigenvalue weighted by molar-refractivity contribution is -0.139. The topological polar surface area (TPSA) is 49.8 Å². The SMILES string of the molecule is CC(C)(CC(=O)O)CN1CCC(C2c3ccccc3COc3ccccc32)CC1.Cl. The highest BCUT2D eigenvalue weighted by Gasteiger charge is 2.34. The van der Waals surface area contributed by atoms with E-state index in [1.54, 1.807) is 0 Å². The predicted octanol–water partition coefficient (Wildman–Crippen LogP) is 5.35. The Balaban J connectivity index is 0.00000256. The molecule has 2 aromatic carbocycles. The number of carboxylic acid groups (broad SMARTS) is 1. The number of ether oxygens (including phenoxy) is 1. The summed E-state index contributed by atoms with van der Waals surface area (Å²) in [6.07, 6.45) is 2.46. The van der Waals surface area contributed by atoms with Crippen molar-refractivity contribution in [2.75, 3.05) is 19.6 Å². The minimum Gasteiger partial charge on any atom is -0.489 e. The molecule has 4 nitrogen and oxygen atoms in total. The second-order valence-corrected chi connectivity index (χ2v) is 9.35. The second-order valence-electron chi connectivity index (χ2n) is 9.35. The maximum absolute atomic E-state index is 11.2. The molecule has 0 aromatic heterocycles. The van der Waals surface area contributed by atoms with Gasteiger partial charge in [-0.2, -0.15) is 0 Å². The van der Waals surface area contributed by atoms with Gasteiger partial charge in [-0.1, -0.05) is 56.3 Å². The van der Waals surface area contributed by atoms with Crippen LogP contribution in [0.25, 0.3) is 0 Å². The van der Waals surface area contributed by atoms with Crippen LogP contribution in [-0.4, -0.2) is 35.6 Å². The number of likely N-dealkylation sites (tertiary alicyclic amines) is 1. The molecule has 2 aliphatic rings. The van der Waals surface area contributed by atoms with Crippen LogP contribution in [0.5, 0.6) is 5.75 Å². The fourth-order valence-electron chi connectivity index (χ4n) is 5.18. The summed E-state index contributed by atoms with van der Waals surface area (Å²) in [6, 6.07) is 17.2. The molecule has 2 aliphatic heterocycles. The van der Waals surface area contributed by atoms with Crippen molar-refractivity contribution in [3.05, 3.63) is 65.2 Å². The van der Waals surface area contributed by atoms with Crippen LogP contribution in [0.15, 0.2) is 48.5 Å². The average molecular weight is 430 g/mol. The minimum absolute atomic E-state index is 0. The highest BCUT2D eigenvalue weighted by molar-refractivity contribution is 5.85. The van der Waals surface area contributed by atoms with Gasteiger partial charge in [0.1, 0.15) is 12.4 Å². The van der Waals surface area contributed by atoms with Crippen LogP contribution in [0.2, 0.25) is 0 Å². The van der Waals surface area contributed by atoms with Gasteiger partial charge >= 0.3 is 5.97 Å². The molecule has 2 heterocycles. The second kappa shape index (κ2) is 9.40. The molecule has 0 aliphatic carbocycles. The molecule has 162 valence electrons. The van der Waals surface area contributed by atoms with Crippen molar-refractivity contribution in [3.63, 3.8) is 0 Å². The van der Waals surface area contributed by atoms with Crippen LogP contribution in [0.1, 0.15) is 55.7 Å². The van der Waals surface area contributed by atoms with E-state index in [-0.39, 0.29) is 24.2 Å². The molecule has 1 fully saturated rings. The number of rotatable bonds is 5. The molecule has 1 saturated heterocycles. The van der Waals surface area contributed by atoms with Crippen LogP contribution < -0.4 is 4.74 Å². The van der Waals surface area contributed by atoms with Gasteiger partial charge in [0.25, 0.3) is 0 Å². The average Bonchev–Trinajstić information content (AvgIpc) is 2.84. The van der Waals surface area contributed by atoms with Gasteiger partial charge in [0, 0.05) is 18.0 Å². The van der Waals surface area contributed by atoms with Crippen molar-refractivity contribution in [2.45, 2.75) is 45.6 Å². The summed E-state index contributed by atoms with van der Waals surface area (Å²) in [7, 11) is 0. The molecule has 0 spiro atoms. The number of nitrogens with zero attached hydrogens (tertiary/aromatic N) is 1. The molecule has 0 bridgehead atoms. The predicted molar refractivity (Wildman–Crippen MR) is 122 cm³/mol. The standard InChI is InChI=1S/C25H31NO3.ClH/c1-25(2,15-23(27)28)17-26-13-11-18(12-14-26)24-20-8-4-3-7-19(20)16-29-22-10-6-5-9-21(22)24;/h3-10,18,24H,11-17H2,1-2H3,(H,27,28);1H. The zero-order valence-electron chi connectivity index (χ0n) is 17.8. The molecule has 0 amide bonds. The number of aliphatic carboxylic acids is 1. The van der Waals surface area contributed by atoms with Crippen molar-refractivity contribution in [1.82, 2.24) is 4.90 Å². The largest absolute Gasteiger partial charge is 0.489 e. The van der Waals surface area contributed by atoms with E-state index < -0.39 is 5.97 Å². The zero-order chi connectivity index (χ0) is 20.4. The summed E-state index contributed by atoms with van der Waals surface area (Å²) in [5.74, 6) is 1.23. The van der Waals surface area contributed by atoms with Gasteiger partial charge in [0.15, 0.2) is 0 Å². The molecule has 4 rings (SSSR count).